The Morgan fingerprint density at radius 1 is 1.17 bits per heavy atom. The second-order valence-corrected chi connectivity index (χ2v) is 3.86. The van der Waals surface area contributed by atoms with Crippen LogP contribution < -0.4 is 5.63 Å². The van der Waals surface area contributed by atoms with Gasteiger partial charge in [-0.05, 0) is 12.1 Å². The zero-order valence-corrected chi connectivity index (χ0v) is 8.73. The van der Waals surface area contributed by atoms with Crippen molar-refractivity contribution in [3.63, 3.8) is 0 Å². The lowest BCUT2D eigenvalue weighted by atomic mass is 10.0. The van der Waals surface area contributed by atoms with Gasteiger partial charge in [-0.1, -0.05) is 18.2 Å². The van der Waals surface area contributed by atoms with E-state index in [0.29, 0.717) is 5.39 Å². The summed E-state index contributed by atoms with van der Waals surface area (Å²) in [6, 6.07) is 7.43. The van der Waals surface area contributed by atoms with Gasteiger partial charge in [-0.25, -0.2) is 4.79 Å². The predicted octanol–water partition coefficient (Wildman–Crippen LogP) is 2.97. The molecule has 0 bridgehead atoms. The van der Waals surface area contributed by atoms with Crippen LogP contribution in [0.3, 0.4) is 0 Å². The molecule has 0 saturated heterocycles. The predicted molar refractivity (Wildman–Crippen MR) is 55.1 cm³/mol. The van der Waals surface area contributed by atoms with Crippen molar-refractivity contribution in [3.8, 4) is 0 Å². The Bertz CT molecular complexity index is 712. The van der Waals surface area contributed by atoms with E-state index in [9.17, 15) is 18.0 Å². The molecule has 3 rings (SSSR count). The highest BCUT2D eigenvalue weighted by atomic mass is 19.4. The van der Waals surface area contributed by atoms with Gasteiger partial charge in [0.15, 0.2) is 0 Å². The molecule has 0 N–H and O–H groups in total. The average molecular weight is 254 g/mol. The van der Waals surface area contributed by atoms with Crippen molar-refractivity contribution in [1.29, 1.82) is 0 Å². The number of benzene rings is 1. The number of hydrogen-bond acceptors (Lipinski definition) is 4. The summed E-state index contributed by atoms with van der Waals surface area (Å²) in [6.07, 6.45) is -4.73. The molecule has 0 unspecified atom stereocenters. The van der Waals surface area contributed by atoms with E-state index in [1.807, 2.05) is 0 Å². The van der Waals surface area contributed by atoms with Crippen LogP contribution in [0.25, 0.3) is 11.0 Å². The van der Waals surface area contributed by atoms with Gasteiger partial charge < -0.3 is 4.42 Å². The Kier molecular flexibility index (Phi) is 1.93. The topological polar surface area (TPSA) is 54.9 Å². The first kappa shape index (κ1) is 10.9. The van der Waals surface area contributed by atoms with E-state index in [0.717, 1.165) is 6.07 Å². The molecule has 18 heavy (non-hydrogen) atoms. The van der Waals surface area contributed by atoms with Gasteiger partial charge in [-0.2, -0.15) is 13.2 Å². The molecule has 1 aromatic heterocycles. The molecule has 0 atom stereocenters. The molecule has 92 valence electrons. The lowest BCUT2D eigenvalue weighted by molar-refractivity contribution is -0.166. The zero-order valence-electron chi connectivity index (χ0n) is 8.73. The minimum absolute atomic E-state index is 0.226. The van der Waals surface area contributed by atoms with Crippen LogP contribution >= 0.6 is 0 Å². The lowest BCUT2D eigenvalue weighted by Gasteiger charge is -2.13. The van der Waals surface area contributed by atoms with Crippen LogP contribution in [-0.4, -0.2) is 6.18 Å². The molecule has 1 aromatic carbocycles. The fourth-order valence-electron chi connectivity index (χ4n) is 1.73. The van der Waals surface area contributed by atoms with Crippen molar-refractivity contribution in [2.45, 2.75) is 11.8 Å². The maximum atomic E-state index is 12.8. The van der Waals surface area contributed by atoms with Gasteiger partial charge in [0.1, 0.15) is 11.1 Å². The number of para-hydroxylation sites is 1. The van der Waals surface area contributed by atoms with E-state index in [1.165, 1.54) is 6.07 Å². The number of fused-ring (bicyclic) bond motifs is 1. The van der Waals surface area contributed by atoms with Crippen LogP contribution in [0, 0.1) is 0 Å². The molecule has 0 saturated carbocycles. The van der Waals surface area contributed by atoms with E-state index >= 15 is 0 Å². The average Bonchev–Trinajstić information content (AvgIpc) is 3.08. The molecule has 0 amide bonds. The molecular formula is C11H5F3N2O2. The molecule has 2 aromatic rings. The van der Waals surface area contributed by atoms with Gasteiger partial charge in [-0.3, -0.25) is 0 Å². The molecule has 7 heteroatoms. The molecule has 4 nitrogen and oxygen atoms in total. The van der Waals surface area contributed by atoms with Gasteiger partial charge in [-0.15, -0.1) is 10.2 Å². The number of alkyl halides is 3. The van der Waals surface area contributed by atoms with E-state index in [2.05, 4.69) is 10.2 Å². The van der Waals surface area contributed by atoms with Crippen molar-refractivity contribution in [2.24, 2.45) is 10.2 Å². The summed E-state index contributed by atoms with van der Waals surface area (Å²) in [5.41, 5.74) is -4.19. The third-order valence-corrected chi connectivity index (χ3v) is 2.71. The molecule has 0 spiro atoms. The maximum absolute atomic E-state index is 12.8. The Hall–Kier alpha value is -2.18. The highest BCUT2D eigenvalue weighted by molar-refractivity contribution is 5.77. The van der Waals surface area contributed by atoms with Crippen molar-refractivity contribution in [2.75, 3.05) is 0 Å². The summed E-state index contributed by atoms with van der Waals surface area (Å²) < 4.78 is 43.2. The SMILES string of the molecule is O=c1oc2ccccc2cc1C1(C(F)(F)F)N=N1. The van der Waals surface area contributed by atoms with E-state index in [-0.39, 0.29) is 5.58 Å². The first-order valence-corrected chi connectivity index (χ1v) is 4.98. The Balaban J connectivity index is 2.25. The summed E-state index contributed by atoms with van der Waals surface area (Å²) in [7, 11) is 0. The summed E-state index contributed by atoms with van der Waals surface area (Å²) in [6.45, 7) is 0. The third-order valence-electron chi connectivity index (χ3n) is 2.71. The Morgan fingerprint density at radius 3 is 2.44 bits per heavy atom. The van der Waals surface area contributed by atoms with E-state index < -0.39 is 23.0 Å². The second kappa shape index (κ2) is 3.18. The maximum Gasteiger partial charge on any atom is 0.442 e. The third kappa shape index (κ3) is 1.36. The molecule has 0 radical (unpaired) electrons. The highest BCUT2D eigenvalue weighted by Crippen LogP contribution is 2.51. The second-order valence-electron chi connectivity index (χ2n) is 3.86. The first-order valence-electron chi connectivity index (χ1n) is 4.98. The minimum Gasteiger partial charge on any atom is -0.422 e. The lowest BCUT2D eigenvalue weighted by Crippen LogP contribution is -2.34. The van der Waals surface area contributed by atoms with Gasteiger partial charge in [0.25, 0.3) is 0 Å². The molecule has 0 aliphatic carbocycles. The summed E-state index contributed by atoms with van der Waals surface area (Å²) >= 11 is 0. The standard InChI is InChI=1S/C11H5F3N2O2/c12-11(13,14)10(15-16-10)7-5-6-3-1-2-4-8(6)18-9(7)17/h1-5H. The Morgan fingerprint density at radius 2 is 1.83 bits per heavy atom. The van der Waals surface area contributed by atoms with Crippen LogP contribution in [0.1, 0.15) is 5.56 Å². The van der Waals surface area contributed by atoms with Crippen molar-refractivity contribution in [1.82, 2.24) is 0 Å². The number of halogens is 3. The monoisotopic (exact) mass is 254 g/mol. The molecule has 1 aliphatic heterocycles. The van der Waals surface area contributed by atoms with Crippen molar-refractivity contribution >= 4 is 11.0 Å². The molecule has 0 fully saturated rings. The molecular weight excluding hydrogens is 249 g/mol. The quantitative estimate of drug-likeness (QED) is 0.734. The van der Waals surface area contributed by atoms with Crippen LogP contribution in [0.15, 0.2) is 49.8 Å². The fraction of sp³-hybridized carbons (Fsp3) is 0.182. The molecule has 1 aliphatic rings. The molecule has 2 heterocycles. The van der Waals surface area contributed by atoms with E-state index in [4.69, 9.17) is 4.42 Å². The number of hydrogen-bond donors (Lipinski definition) is 0. The first-order chi connectivity index (χ1) is 8.44. The number of nitrogens with zero attached hydrogens (tertiary/aromatic N) is 2. The normalized spacial score (nSPS) is 17.1. The Labute approximate surface area is 97.7 Å². The highest BCUT2D eigenvalue weighted by Gasteiger charge is 2.66. The van der Waals surface area contributed by atoms with E-state index in [1.54, 1.807) is 18.2 Å². The van der Waals surface area contributed by atoms with Gasteiger partial charge in [0, 0.05) is 5.39 Å². The van der Waals surface area contributed by atoms with Crippen molar-refractivity contribution in [3.05, 3.63) is 46.3 Å². The number of rotatable bonds is 1. The van der Waals surface area contributed by atoms with Gasteiger partial charge in [0.2, 0.25) is 0 Å². The minimum atomic E-state index is -4.73. The van der Waals surface area contributed by atoms with Crippen LogP contribution in [-0.2, 0) is 5.66 Å². The smallest absolute Gasteiger partial charge is 0.422 e. The van der Waals surface area contributed by atoms with Gasteiger partial charge in [0.05, 0.1) is 0 Å². The van der Waals surface area contributed by atoms with Gasteiger partial charge >= 0.3 is 17.5 Å². The summed E-state index contributed by atoms with van der Waals surface area (Å²) in [5, 5.41) is 6.36. The van der Waals surface area contributed by atoms with Crippen LogP contribution in [0.5, 0.6) is 0 Å². The summed E-state index contributed by atoms with van der Waals surface area (Å²) in [4.78, 5) is 11.6. The van der Waals surface area contributed by atoms with Crippen LogP contribution in [0.2, 0.25) is 0 Å². The summed E-state index contributed by atoms with van der Waals surface area (Å²) in [5.74, 6) is 0. The zero-order chi connectivity index (χ0) is 13.0. The largest absolute Gasteiger partial charge is 0.442 e. The van der Waals surface area contributed by atoms with Crippen molar-refractivity contribution < 1.29 is 17.6 Å². The fourth-order valence-corrected chi connectivity index (χ4v) is 1.73. The van der Waals surface area contributed by atoms with Crippen LogP contribution in [0.4, 0.5) is 13.2 Å².